The third kappa shape index (κ3) is 4.34. The van der Waals surface area contributed by atoms with E-state index in [4.69, 9.17) is 5.11 Å². The number of hydrogen-bond donors (Lipinski definition) is 2. The van der Waals surface area contributed by atoms with Crippen molar-refractivity contribution in [3.05, 3.63) is 0 Å². The highest BCUT2D eigenvalue weighted by Gasteiger charge is 2.23. The van der Waals surface area contributed by atoms with Gasteiger partial charge in [0.2, 0.25) is 0 Å². The molecule has 0 aliphatic heterocycles. The van der Waals surface area contributed by atoms with Crippen LogP contribution in [0.2, 0.25) is 0 Å². The number of aliphatic carboxylic acids is 1. The molecule has 0 aliphatic rings. The summed E-state index contributed by atoms with van der Waals surface area (Å²) >= 11 is 0. The Morgan fingerprint density at radius 2 is 2.08 bits per heavy atom. The molecular formula is C9H19NO2. The Hall–Kier alpha value is -0.570. The van der Waals surface area contributed by atoms with E-state index in [0.717, 1.165) is 19.4 Å². The van der Waals surface area contributed by atoms with Crippen LogP contribution in [0.3, 0.4) is 0 Å². The minimum atomic E-state index is -0.733. The van der Waals surface area contributed by atoms with Crippen molar-refractivity contribution in [2.24, 2.45) is 0 Å². The standard InChI is InChI=1S/C9H19NO2/c1-4-6-10-9(3,5-2)7-8(11)12/h10H,4-7H2,1-3H3,(H,11,12). The zero-order valence-corrected chi connectivity index (χ0v) is 8.18. The van der Waals surface area contributed by atoms with Gasteiger partial charge in [0, 0.05) is 5.54 Å². The molecule has 72 valence electrons. The number of carboxylic acids is 1. The quantitative estimate of drug-likeness (QED) is 0.642. The second kappa shape index (κ2) is 5.14. The van der Waals surface area contributed by atoms with Crippen molar-refractivity contribution in [1.29, 1.82) is 0 Å². The van der Waals surface area contributed by atoms with Gasteiger partial charge in [0.15, 0.2) is 0 Å². The molecule has 1 unspecified atom stereocenters. The van der Waals surface area contributed by atoms with Crippen molar-refractivity contribution in [2.45, 2.75) is 45.6 Å². The van der Waals surface area contributed by atoms with Gasteiger partial charge in [-0.1, -0.05) is 13.8 Å². The van der Waals surface area contributed by atoms with Crippen LogP contribution in [0.15, 0.2) is 0 Å². The molecule has 2 N–H and O–H groups in total. The molecule has 0 rings (SSSR count). The molecule has 0 aromatic rings. The zero-order chi connectivity index (χ0) is 9.61. The molecule has 0 radical (unpaired) electrons. The van der Waals surface area contributed by atoms with Crippen LogP contribution >= 0.6 is 0 Å². The van der Waals surface area contributed by atoms with E-state index in [2.05, 4.69) is 12.2 Å². The van der Waals surface area contributed by atoms with Crippen molar-refractivity contribution < 1.29 is 9.90 Å². The fourth-order valence-electron chi connectivity index (χ4n) is 1.07. The highest BCUT2D eigenvalue weighted by Crippen LogP contribution is 2.13. The average molecular weight is 173 g/mol. The van der Waals surface area contributed by atoms with Gasteiger partial charge in [0.05, 0.1) is 6.42 Å². The van der Waals surface area contributed by atoms with Gasteiger partial charge in [-0.05, 0) is 26.3 Å². The minimum Gasteiger partial charge on any atom is -0.481 e. The summed E-state index contributed by atoms with van der Waals surface area (Å²) in [5.74, 6) is -0.733. The third-order valence-corrected chi connectivity index (χ3v) is 2.12. The van der Waals surface area contributed by atoms with Gasteiger partial charge in [-0.2, -0.15) is 0 Å². The summed E-state index contributed by atoms with van der Waals surface area (Å²) in [6, 6.07) is 0. The number of nitrogens with one attached hydrogen (secondary N) is 1. The number of hydrogen-bond acceptors (Lipinski definition) is 2. The minimum absolute atomic E-state index is 0.198. The largest absolute Gasteiger partial charge is 0.481 e. The van der Waals surface area contributed by atoms with Gasteiger partial charge in [-0.15, -0.1) is 0 Å². The van der Waals surface area contributed by atoms with Crippen LogP contribution in [0.4, 0.5) is 0 Å². The summed E-state index contributed by atoms with van der Waals surface area (Å²) in [6.07, 6.45) is 2.08. The van der Waals surface area contributed by atoms with Gasteiger partial charge >= 0.3 is 5.97 Å². The van der Waals surface area contributed by atoms with Gasteiger partial charge in [0.1, 0.15) is 0 Å². The van der Waals surface area contributed by atoms with E-state index in [-0.39, 0.29) is 12.0 Å². The van der Waals surface area contributed by atoms with E-state index >= 15 is 0 Å². The van der Waals surface area contributed by atoms with Gasteiger partial charge in [-0.3, -0.25) is 4.79 Å². The van der Waals surface area contributed by atoms with E-state index < -0.39 is 5.97 Å². The Balaban J connectivity index is 3.95. The molecule has 0 aromatic heterocycles. The SMILES string of the molecule is CCCNC(C)(CC)CC(=O)O. The maximum atomic E-state index is 10.5. The Morgan fingerprint density at radius 1 is 1.50 bits per heavy atom. The van der Waals surface area contributed by atoms with Crippen LogP contribution in [0.1, 0.15) is 40.0 Å². The highest BCUT2D eigenvalue weighted by atomic mass is 16.4. The van der Waals surface area contributed by atoms with E-state index in [1.54, 1.807) is 0 Å². The van der Waals surface area contributed by atoms with Gasteiger partial charge in [0.25, 0.3) is 0 Å². The van der Waals surface area contributed by atoms with Gasteiger partial charge < -0.3 is 10.4 Å². The molecule has 3 heteroatoms. The topological polar surface area (TPSA) is 49.3 Å². The molecule has 0 heterocycles. The highest BCUT2D eigenvalue weighted by molar-refractivity contribution is 5.68. The molecule has 1 atom stereocenters. The number of carboxylic acid groups (broad SMARTS) is 1. The average Bonchev–Trinajstić information content (AvgIpc) is 2.00. The first-order chi connectivity index (χ1) is 5.54. The summed E-state index contributed by atoms with van der Waals surface area (Å²) in [5, 5.41) is 11.9. The Bertz CT molecular complexity index is 147. The second-order valence-electron chi connectivity index (χ2n) is 3.41. The maximum absolute atomic E-state index is 10.5. The third-order valence-electron chi connectivity index (χ3n) is 2.12. The van der Waals surface area contributed by atoms with E-state index in [1.807, 2.05) is 13.8 Å². The van der Waals surface area contributed by atoms with E-state index in [1.165, 1.54) is 0 Å². The van der Waals surface area contributed by atoms with Crippen molar-refractivity contribution in [3.63, 3.8) is 0 Å². The monoisotopic (exact) mass is 173 g/mol. The lowest BCUT2D eigenvalue weighted by molar-refractivity contribution is -0.138. The molecule has 12 heavy (non-hydrogen) atoms. The number of carbonyl (C=O) groups is 1. The lowest BCUT2D eigenvalue weighted by Gasteiger charge is -2.27. The normalized spacial score (nSPS) is 15.6. The van der Waals surface area contributed by atoms with Crippen LogP contribution in [0.25, 0.3) is 0 Å². The second-order valence-corrected chi connectivity index (χ2v) is 3.41. The molecule has 0 aromatic carbocycles. The number of rotatable bonds is 6. The van der Waals surface area contributed by atoms with Crippen molar-refractivity contribution >= 4 is 5.97 Å². The Morgan fingerprint density at radius 3 is 2.42 bits per heavy atom. The van der Waals surface area contributed by atoms with Crippen LogP contribution in [0.5, 0.6) is 0 Å². The summed E-state index contributed by atoms with van der Waals surface area (Å²) in [5.41, 5.74) is -0.234. The predicted octanol–water partition coefficient (Wildman–Crippen LogP) is 1.63. The molecule has 0 saturated heterocycles. The molecule has 0 bridgehead atoms. The summed E-state index contributed by atoms with van der Waals surface area (Å²) in [4.78, 5) is 10.5. The van der Waals surface area contributed by atoms with Crippen LogP contribution < -0.4 is 5.32 Å². The fraction of sp³-hybridized carbons (Fsp3) is 0.889. The van der Waals surface area contributed by atoms with E-state index in [9.17, 15) is 4.79 Å². The fourth-order valence-corrected chi connectivity index (χ4v) is 1.07. The van der Waals surface area contributed by atoms with Crippen LogP contribution in [0, 0.1) is 0 Å². The lowest BCUT2D eigenvalue weighted by atomic mass is 9.94. The smallest absolute Gasteiger partial charge is 0.305 e. The molecule has 0 spiro atoms. The molecule has 0 amide bonds. The van der Waals surface area contributed by atoms with Crippen molar-refractivity contribution in [3.8, 4) is 0 Å². The summed E-state index contributed by atoms with van der Waals surface area (Å²) < 4.78 is 0. The molecule has 0 fully saturated rings. The first-order valence-corrected chi connectivity index (χ1v) is 4.51. The molecular weight excluding hydrogens is 154 g/mol. The Labute approximate surface area is 74.2 Å². The van der Waals surface area contributed by atoms with E-state index in [0.29, 0.717) is 0 Å². The van der Waals surface area contributed by atoms with Gasteiger partial charge in [-0.25, -0.2) is 0 Å². The zero-order valence-electron chi connectivity index (χ0n) is 8.18. The maximum Gasteiger partial charge on any atom is 0.305 e. The lowest BCUT2D eigenvalue weighted by Crippen LogP contribution is -2.43. The first-order valence-electron chi connectivity index (χ1n) is 4.51. The van der Waals surface area contributed by atoms with Crippen LogP contribution in [-0.2, 0) is 4.79 Å². The molecule has 0 saturated carbocycles. The van der Waals surface area contributed by atoms with Crippen molar-refractivity contribution in [2.75, 3.05) is 6.54 Å². The first kappa shape index (κ1) is 11.4. The molecule has 3 nitrogen and oxygen atoms in total. The van der Waals surface area contributed by atoms with Crippen molar-refractivity contribution in [1.82, 2.24) is 5.32 Å². The van der Waals surface area contributed by atoms with Crippen LogP contribution in [-0.4, -0.2) is 23.2 Å². The summed E-state index contributed by atoms with van der Waals surface area (Å²) in [7, 11) is 0. The Kier molecular flexibility index (Phi) is 4.90. The summed E-state index contributed by atoms with van der Waals surface area (Å²) in [6.45, 7) is 6.92. The predicted molar refractivity (Wildman–Crippen MR) is 49.2 cm³/mol. The molecule has 0 aliphatic carbocycles.